The molecule has 0 saturated carbocycles. The first-order valence-corrected chi connectivity index (χ1v) is 8.54. The molecule has 140 valence electrons. The first kappa shape index (κ1) is 17.8. The Morgan fingerprint density at radius 1 is 1.00 bits per heavy atom. The number of hydrogen-bond acceptors (Lipinski definition) is 5. The normalized spacial score (nSPS) is 10.9. The number of ether oxygens (including phenoxy) is 1. The van der Waals surface area contributed by atoms with Crippen LogP contribution in [0.4, 0.5) is 14.6 Å². The Kier molecular flexibility index (Phi) is 4.57. The number of hydrogen-bond donors (Lipinski definition) is 1. The Bertz CT molecular complexity index is 1170. The highest BCUT2D eigenvalue weighted by Gasteiger charge is 2.18. The van der Waals surface area contributed by atoms with Gasteiger partial charge in [-0.15, -0.1) is 0 Å². The van der Waals surface area contributed by atoms with Gasteiger partial charge in [-0.05, 0) is 36.4 Å². The lowest BCUT2D eigenvalue weighted by molar-refractivity contribution is 0.414. The Balaban J connectivity index is 1.98. The van der Waals surface area contributed by atoms with E-state index in [9.17, 15) is 4.39 Å². The maximum atomic E-state index is 15.4. The van der Waals surface area contributed by atoms with Crippen LogP contribution in [0.3, 0.4) is 0 Å². The minimum absolute atomic E-state index is 0.0953. The summed E-state index contributed by atoms with van der Waals surface area (Å²) < 4.78 is 35.0. The van der Waals surface area contributed by atoms with Crippen molar-refractivity contribution in [2.24, 2.45) is 0 Å². The van der Waals surface area contributed by atoms with Gasteiger partial charge in [-0.1, -0.05) is 6.07 Å². The highest BCUT2D eigenvalue weighted by Crippen LogP contribution is 2.34. The third-order valence-corrected chi connectivity index (χ3v) is 4.43. The number of methoxy groups -OCH3 is 1. The first-order chi connectivity index (χ1) is 13.6. The highest BCUT2D eigenvalue weighted by atomic mass is 19.1. The van der Waals surface area contributed by atoms with Crippen LogP contribution in [-0.2, 0) is 0 Å². The molecule has 0 amide bonds. The number of halogens is 2. The Morgan fingerprint density at radius 2 is 1.86 bits per heavy atom. The van der Waals surface area contributed by atoms with Crippen LogP contribution in [0.2, 0.25) is 0 Å². The third kappa shape index (κ3) is 3.00. The lowest BCUT2D eigenvalue weighted by atomic mass is 10.0. The molecule has 1 N–H and O–H groups in total. The van der Waals surface area contributed by atoms with E-state index in [2.05, 4.69) is 20.3 Å². The fourth-order valence-electron chi connectivity index (χ4n) is 3.02. The maximum absolute atomic E-state index is 15.4. The summed E-state index contributed by atoms with van der Waals surface area (Å²) in [6.07, 6.45) is 3.23. The van der Waals surface area contributed by atoms with Crippen LogP contribution in [0.5, 0.6) is 5.75 Å². The predicted molar refractivity (Wildman–Crippen MR) is 104 cm³/mol. The van der Waals surface area contributed by atoms with E-state index < -0.39 is 11.6 Å². The quantitative estimate of drug-likeness (QED) is 0.558. The minimum Gasteiger partial charge on any atom is -0.497 e. The summed E-state index contributed by atoms with van der Waals surface area (Å²) >= 11 is 0. The molecule has 0 radical (unpaired) electrons. The van der Waals surface area contributed by atoms with E-state index in [1.807, 2.05) is 0 Å². The van der Waals surface area contributed by atoms with Crippen molar-refractivity contribution in [3.8, 4) is 28.3 Å². The molecule has 5 nitrogen and oxygen atoms in total. The van der Waals surface area contributed by atoms with E-state index in [-0.39, 0.29) is 16.6 Å². The van der Waals surface area contributed by atoms with E-state index in [4.69, 9.17) is 4.74 Å². The number of benzene rings is 2. The van der Waals surface area contributed by atoms with Crippen molar-refractivity contribution in [1.82, 2.24) is 15.0 Å². The summed E-state index contributed by atoms with van der Waals surface area (Å²) in [5.41, 5.74) is 0.948. The van der Waals surface area contributed by atoms with E-state index >= 15 is 4.39 Å². The molecule has 4 aromatic rings. The number of rotatable bonds is 4. The van der Waals surface area contributed by atoms with Crippen molar-refractivity contribution < 1.29 is 13.5 Å². The summed E-state index contributed by atoms with van der Waals surface area (Å²) in [6.45, 7) is 0. The Morgan fingerprint density at radius 3 is 2.57 bits per heavy atom. The van der Waals surface area contributed by atoms with Gasteiger partial charge in [-0.25, -0.2) is 18.7 Å². The van der Waals surface area contributed by atoms with Crippen LogP contribution < -0.4 is 10.1 Å². The molecule has 0 bridgehead atoms. The fraction of sp³-hybridized carbons (Fsp3) is 0.0952. The minimum atomic E-state index is -0.631. The monoisotopic (exact) mass is 378 g/mol. The average Bonchev–Trinajstić information content (AvgIpc) is 2.75. The molecule has 0 unspecified atom stereocenters. The predicted octanol–water partition coefficient (Wildman–Crippen LogP) is 4.69. The number of fused-ring (bicyclic) bond motifs is 1. The molecule has 28 heavy (non-hydrogen) atoms. The lowest BCUT2D eigenvalue weighted by Crippen LogP contribution is -2.01. The van der Waals surface area contributed by atoms with Gasteiger partial charge in [0.1, 0.15) is 22.9 Å². The molecular formula is C21H16F2N4O. The lowest BCUT2D eigenvalue weighted by Gasteiger charge is -2.12. The number of anilines is 1. The SMILES string of the molecule is CNc1nc(-c2cccnc2)nc2c(F)c(-c3cc(OC)ccc3F)ccc12. The molecule has 2 aromatic heterocycles. The molecule has 0 atom stereocenters. The number of pyridine rings is 1. The van der Waals surface area contributed by atoms with Gasteiger partial charge in [0.25, 0.3) is 0 Å². The molecule has 0 spiro atoms. The van der Waals surface area contributed by atoms with E-state index in [0.29, 0.717) is 28.3 Å². The number of nitrogens with one attached hydrogen (secondary N) is 1. The molecule has 2 heterocycles. The molecule has 0 aliphatic rings. The number of aromatic nitrogens is 3. The summed E-state index contributed by atoms with van der Waals surface area (Å²) in [4.78, 5) is 12.9. The van der Waals surface area contributed by atoms with Crippen molar-refractivity contribution in [3.05, 3.63) is 66.5 Å². The smallest absolute Gasteiger partial charge is 0.163 e. The van der Waals surface area contributed by atoms with Gasteiger partial charge in [0.2, 0.25) is 0 Å². The fourth-order valence-corrected chi connectivity index (χ4v) is 3.02. The number of nitrogens with zero attached hydrogens (tertiary/aromatic N) is 3. The zero-order valence-corrected chi connectivity index (χ0v) is 15.2. The second-order valence-corrected chi connectivity index (χ2v) is 6.06. The van der Waals surface area contributed by atoms with Gasteiger partial charge in [0.15, 0.2) is 11.6 Å². The van der Waals surface area contributed by atoms with Crippen molar-refractivity contribution in [1.29, 1.82) is 0 Å². The maximum Gasteiger partial charge on any atom is 0.163 e. The topological polar surface area (TPSA) is 59.9 Å². The second-order valence-electron chi connectivity index (χ2n) is 6.06. The molecule has 0 aliphatic heterocycles. The van der Waals surface area contributed by atoms with E-state index in [1.165, 1.54) is 31.4 Å². The van der Waals surface area contributed by atoms with Crippen molar-refractivity contribution in [2.45, 2.75) is 0 Å². The van der Waals surface area contributed by atoms with Crippen LogP contribution >= 0.6 is 0 Å². The first-order valence-electron chi connectivity index (χ1n) is 8.54. The zero-order valence-electron chi connectivity index (χ0n) is 15.2. The van der Waals surface area contributed by atoms with Crippen LogP contribution in [0.25, 0.3) is 33.4 Å². The third-order valence-electron chi connectivity index (χ3n) is 4.43. The van der Waals surface area contributed by atoms with Crippen LogP contribution in [0.1, 0.15) is 0 Å². The van der Waals surface area contributed by atoms with Gasteiger partial charge < -0.3 is 10.1 Å². The van der Waals surface area contributed by atoms with Crippen LogP contribution in [0.15, 0.2) is 54.9 Å². The summed E-state index contributed by atoms with van der Waals surface area (Å²) in [7, 11) is 3.17. The average molecular weight is 378 g/mol. The highest BCUT2D eigenvalue weighted by molar-refractivity contribution is 5.94. The van der Waals surface area contributed by atoms with Crippen LogP contribution in [-0.4, -0.2) is 29.1 Å². The standard InChI is InChI=1S/C21H16F2N4O/c1-24-21-15-7-6-14(16-10-13(28-2)5-8-17(16)22)18(23)19(15)26-20(27-21)12-4-3-9-25-11-12/h3-11H,1-2H3,(H,24,26,27). The Hall–Kier alpha value is -3.61. The zero-order chi connectivity index (χ0) is 19.7. The molecule has 0 fully saturated rings. The second kappa shape index (κ2) is 7.19. The van der Waals surface area contributed by atoms with Crippen molar-refractivity contribution in [2.75, 3.05) is 19.5 Å². The largest absolute Gasteiger partial charge is 0.497 e. The summed E-state index contributed by atoms with van der Waals surface area (Å²) in [5, 5.41) is 3.46. The van der Waals surface area contributed by atoms with Gasteiger partial charge in [0.05, 0.1) is 7.11 Å². The Labute approximate surface area is 160 Å². The molecule has 0 saturated heterocycles. The van der Waals surface area contributed by atoms with Gasteiger partial charge in [-0.3, -0.25) is 4.98 Å². The van der Waals surface area contributed by atoms with E-state index in [0.717, 1.165) is 0 Å². The summed E-state index contributed by atoms with van der Waals surface area (Å²) in [6, 6.07) is 10.9. The van der Waals surface area contributed by atoms with E-state index in [1.54, 1.807) is 37.6 Å². The van der Waals surface area contributed by atoms with Crippen molar-refractivity contribution in [3.63, 3.8) is 0 Å². The van der Waals surface area contributed by atoms with Gasteiger partial charge in [-0.2, -0.15) is 0 Å². The summed E-state index contributed by atoms with van der Waals surface area (Å²) in [5.74, 6) is 0.0567. The van der Waals surface area contributed by atoms with Crippen molar-refractivity contribution >= 4 is 16.7 Å². The molecule has 4 rings (SSSR count). The van der Waals surface area contributed by atoms with Gasteiger partial charge >= 0.3 is 0 Å². The van der Waals surface area contributed by atoms with Gasteiger partial charge in [0, 0.05) is 41.5 Å². The molecular weight excluding hydrogens is 362 g/mol. The molecule has 7 heteroatoms. The molecule has 0 aliphatic carbocycles. The van der Waals surface area contributed by atoms with Crippen LogP contribution in [0, 0.1) is 11.6 Å². The molecule has 2 aromatic carbocycles.